The Hall–Kier alpha value is -3.95. The van der Waals surface area contributed by atoms with Crippen molar-refractivity contribution in [3.8, 4) is 11.5 Å². The number of hydrogen-bond acceptors (Lipinski definition) is 9. The minimum Gasteiger partial charge on any atom is -0.497 e. The van der Waals surface area contributed by atoms with Crippen molar-refractivity contribution in [3.05, 3.63) is 63.2 Å². The number of nitrogens with zero attached hydrogens (tertiary/aromatic N) is 1. The van der Waals surface area contributed by atoms with Crippen LogP contribution in [0.4, 0.5) is 5.69 Å². The summed E-state index contributed by atoms with van der Waals surface area (Å²) in [6.07, 6.45) is 0. The number of ether oxygens (including phenoxy) is 4. The first-order valence-electron chi connectivity index (χ1n) is 8.10. The standard InChI is InChI=1S/C19H17NO9/c1-26-14-4-5-17(27-2)15(9-14)16(21)10-29-19(23)12-6-11(18(22)28-3)7-13(8-12)20(24)25/h4-9H,10H2,1-3H3. The Bertz CT molecular complexity index is 968. The number of hydrogen-bond donors (Lipinski definition) is 0. The fourth-order valence-electron chi connectivity index (χ4n) is 2.39. The Morgan fingerprint density at radius 1 is 0.931 bits per heavy atom. The topological polar surface area (TPSA) is 131 Å². The van der Waals surface area contributed by atoms with Crippen LogP contribution in [0.1, 0.15) is 31.1 Å². The molecule has 0 bridgehead atoms. The number of nitro groups is 1. The summed E-state index contributed by atoms with van der Waals surface area (Å²) < 4.78 is 19.6. The van der Waals surface area contributed by atoms with Gasteiger partial charge in [0.15, 0.2) is 6.61 Å². The van der Waals surface area contributed by atoms with Crippen LogP contribution >= 0.6 is 0 Å². The fourth-order valence-corrected chi connectivity index (χ4v) is 2.39. The van der Waals surface area contributed by atoms with Crippen molar-refractivity contribution in [2.24, 2.45) is 0 Å². The van der Waals surface area contributed by atoms with Gasteiger partial charge in [-0.3, -0.25) is 14.9 Å². The van der Waals surface area contributed by atoms with Gasteiger partial charge in [0.05, 0.1) is 42.9 Å². The number of benzene rings is 2. The third-order valence-electron chi connectivity index (χ3n) is 3.83. The molecule has 0 saturated carbocycles. The van der Waals surface area contributed by atoms with Crippen molar-refractivity contribution >= 4 is 23.4 Å². The first kappa shape index (κ1) is 21.4. The number of methoxy groups -OCH3 is 3. The molecule has 0 spiro atoms. The van der Waals surface area contributed by atoms with Crippen LogP contribution in [0.2, 0.25) is 0 Å². The largest absolute Gasteiger partial charge is 0.497 e. The molecule has 0 unspecified atom stereocenters. The molecule has 2 aromatic rings. The summed E-state index contributed by atoms with van der Waals surface area (Å²) in [5.41, 5.74) is -0.839. The van der Waals surface area contributed by atoms with Gasteiger partial charge < -0.3 is 18.9 Å². The highest BCUT2D eigenvalue weighted by Gasteiger charge is 2.21. The zero-order chi connectivity index (χ0) is 21.6. The first-order valence-corrected chi connectivity index (χ1v) is 8.10. The summed E-state index contributed by atoms with van der Waals surface area (Å²) in [5, 5.41) is 11.0. The van der Waals surface area contributed by atoms with Crippen LogP contribution in [0, 0.1) is 10.1 Å². The van der Waals surface area contributed by atoms with Gasteiger partial charge >= 0.3 is 11.9 Å². The molecule has 0 amide bonds. The summed E-state index contributed by atoms with van der Waals surface area (Å²) in [4.78, 5) is 46.7. The lowest BCUT2D eigenvalue weighted by Gasteiger charge is -2.10. The summed E-state index contributed by atoms with van der Waals surface area (Å²) in [6, 6.07) is 7.53. The molecule has 0 fully saturated rings. The highest BCUT2D eigenvalue weighted by atomic mass is 16.6. The van der Waals surface area contributed by atoms with Crippen molar-refractivity contribution in [2.75, 3.05) is 27.9 Å². The molecule has 2 aromatic carbocycles. The Kier molecular flexibility index (Phi) is 6.85. The van der Waals surface area contributed by atoms with E-state index in [1.807, 2.05) is 0 Å². The number of Topliss-reactive ketones (excluding diaryl/α,β-unsaturated/α-hetero) is 1. The zero-order valence-corrected chi connectivity index (χ0v) is 15.8. The maximum absolute atomic E-state index is 12.4. The number of non-ortho nitro benzene ring substituents is 1. The van der Waals surface area contributed by atoms with E-state index in [2.05, 4.69) is 4.74 Å². The second-order valence-electron chi connectivity index (χ2n) is 5.58. The molecule has 10 nitrogen and oxygen atoms in total. The fraction of sp³-hybridized carbons (Fsp3) is 0.211. The minimum atomic E-state index is -1.02. The van der Waals surface area contributed by atoms with Crippen molar-refractivity contribution in [2.45, 2.75) is 0 Å². The SMILES string of the molecule is COC(=O)c1cc(C(=O)OCC(=O)c2cc(OC)ccc2OC)cc([N+](=O)[O-])c1. The molecule has 29 heavy (non-hydrogen) atoms. The van der Waals surface area contributed by atoms with Crippen molar-refractivity contribution < 1.29 is 38.3 Å². The van der Waals surface area contributed by atoms with Gasteiger partial charge in [-0.15, -0.1) is 0 Å². The van der Waals surface area contributed by atoms with Crippen molar-refractivity contribution in [1.29, 1.82) is 0 Å². The van der Waals surface area contributed by atoms with Crippen LogP contribution in [-0.4, -0.2) is 50.6 Å². The van der Waals surface area contributed by atoms with E-state index in [1.165, 1.54) is 26.4 Å². The number of esters is 2. The second-order valence-corrected chi connectivity index (χ2v) is 5.58. The Balaban J connectivity index is 2.23. The predicted molar refractivity (Wildman–Crippen MR) is 98.6 cm³/mol. The summed E-state index contributed by atoms with van der Waals surface area (Å²) in [7, 11) is 3.90. The molecule has 2 rings (SSSR count). The molecule has 10 heteroatoms. The van der Waals surface area contributed by atoms with E-state index in [0.29, 0.717) is 5.75 Å². The lowest BCUT2D eigenvalue weighted by Crippen LogP contribution is -2.16. The second kappa shape index (κ2) is 9.31. The molecular weight excluding hydrogens is 386 g/mol. The maximum atomic E-state index is 12.4. The molecule has 0 aliphatic heterocycles. The van der Waals surface area contributed by atoms with Gasteiger partial charge in [-0.25, -0.2) is 9.59 Å². The number of rotatable bonds is 8. The number of ketones is 1. The molecule has 0 heterocycles. The molecule has 0 N–H and O–H groups in total. The van der Waals surface area contributed by atoms with Gasteiger partial charge in [-0.2, -0.15) is 0 Å². The predicted octanol–water partition coefficient (Wildman–Crippen LogP) is 2.44. The maximum Gasteiger partial charge on any atom is 0.338 e. The van der Waals surface area contributed by atoms with Crippen molar-refractivity contribution in [1.82, 2.24) is 0 Å². The minimum absolute atomic E-state index is 0.133. The quantitative estimate of drug-likeness (QED) is 0.282. The van der Waals surface area contributed by atoms with Gasteiger partial charge in [-0.1, -0.05) is 0 Å². The van der Waals surface area contributed by atoms with E-state index >= 15 is 0 Å². The Labute approximate surface area is 165 Å². The average Bonchev–Trinajstić information content (AvgIpc) is 2.75. The van der Waals surface area contributed by atoms with Gasteiger partial charge in [0.25, 0.3) is 5.69 Å². The van der Waals surface area contributed by atoms with E-state index in [-0.39, 0.29) is 22.4 Å². The van der Waals surface area contributed by atoms with Crippen LogP contribution in [0.25, 0.3) is 0 Å². The van der Waals surface area contributed by atoms with Crippen molar-refractivity contribution in [3.63, 3.8) is 0 Å². The zero-order valence-electron chi connectivity index (χ0n) is 15.8. The average molecular weight is 403 g/mol. The van der Waals surface area contributed by atoms with Crippen LogP contribution in [-0.2, 0) is 9.47 Å². The lowest BCUT2D eigenvalue weighted by atomic mass is 10.1. The highest BCUT2D eigenvalue weighted by Crippen LogP contribution is 2.25. The van der Waals surface area contributed by atoms with Crippen LogP contribution < -0.4 is 9.47 Å². The van der Waals surface area contributed by atoms with Gasteiger partial charge in [0, 0.05) is 12.1 Å². The van der Waals surface area contributed by atoms with Crippen LogP contribution in [0.5, 0.6) is 11.5 Å². The molecule has 0 atom stereocenters. The Morgan fingerprint density at radius 3 is 2.14 bits per heavy atom. The summed E-state index contributed by atoms with van der Waals surface area (Å²) >= 11 is 0. The van der Waals surface area contributed by atoms with E-state index in [0.717, 1.165) is 25.3 Å². The summed E-state index contributed by atoms with van der Waals surface area (Å²) in [6.45, 7) is -0.654. The molecule has 0 radical (unpaired) electrons. The normalized spacial score (nSPS) is 10.0. The molecule has 152 valence electrons. The third kappa shape index (κ3) is 5.06. The molecule has 0 aliphatic carbocycles. The number of carbonyl (C=O) groups excluding carboxylic acids is 3. The molecule has 0 aliphatic rings. The molecule has 0 aromatic heterocycles. The number of nitro benzene ring substituents is 1. The van der Waals surface area contributed by atoms with Gasteiger partial charge in [0.1, 0.15) is 11.5 Å². The lowest BCUT2D eigenvalue weighted by molar-refractivity contribution is -0.384. The monoisotopic (exact) mass is 403 g/mol. The first-order chi connectivity index (χ1) is 13.8. The Morgan fingerprint density at radius 2 is 1.59 bits per heavy atom. The summed E-state index contributed by atoms with van der Waals surface area (Å²) in [5.74, 6) is -1.79. The molecular formula is C19H17NO9. The molecule has 0 saturated heterocycles. The van der Waals surface area contributed by atoms with Crippen LogP contribution in [0.3, 0.4) is 0 Å². The van der Waals surface area contributed by atoms with E-state index in [4.69, 9.17) is 14.2 Å². The van der Waals surface area contributed by atoms with E-state index < -0.39 is 34.9 Å². The third-order valence-corrected chi connectivity index (χ3v) is 3.83. The van der Waals surface area contributed by atoms with Gasteiger partial charge in [0.2, 0.25) is 5.78 Å². The smallest absolute Gasteiger partial charge is 0.338 e. The van der Waals surface area contributed by atoms with Crippen LogP contribution in [0.15, 0.2) is 36.4 Å². The highest BCUT2D eigenvalue weighted by molar-refractivity contribution is 6.02. The van der Waals surface area contributed by atoms with Gasteiger partial charge in [-0.05, 0) is 24.3 Å². The number of carbonyl (C=O) groups is 3. The van der Waals surface area contributed by atoms with E-state index in [9.17, 15) is 24.5 Å². The van der Waals surface area contributed by atoms with E-state index in [1.54, 1.807) is 6.07 Å².